The van der Waals surface area contributed by atoms with Crippen LogP contribution in [-0.2, 0) is 34.1 Å². The van der Waals surface area contributed by atoms with Gasteiger partial charge in [0.1, 0.15) is 0 Å². The Morgan fingerprint density at radius 2 is 1.40 bits per heavy atom. The van der Waals surface area contributed by atoms with Crippen molar-refractivity contribution in [3.8, 4) is 0 Å². The van der Waals surface area contributed by atoms with E-state index in [0.29, 0.717) is 0 Å². The van der Waals surface area contributed by atoms with E-state index in [4.69, 9.17) is 5.11 Å². The van der Waals surface area contributed by atoms with Crippen molar-refractivity contribution in [3.63, 3.8) is 0 Å². The van der Waals surface area contributed by atoms with Gasteiger partial charge in [0.25, 0.3) is 0 Å². The molecule has 0 aliphatic carbocycles. The average Bonchev–Trinajstić information content (AvgIpc) is 0.918. The van der Waals surface area contributed by atoms with Crippen LogP contribution >= 0.6 is 0 Å². The summed E-state index contributed by atoms with van der Waals surface area (Å²) in [6, 6.07) is 0. The van der Waals surface area contributed by atoms with Crippen molar-refractivity contribution < 1.29 is 39.2 Å². The van der Waals surface area contributed by atoms with E-state index in [-0.39, 0.29) is 40.7 Å². The van der Waals surface area contributed by atoms with Crippen molar-refractivity contribution in [1.29, 1.82) is 0 Å². The summed E-state index contributed by atoms with van der Waals surface area (Å²) in [6.07, 6.45) is 0. The number of aliphatic hydroxyl groups is 1. The van der Waals surface area contributed by atoms with Crippen LogP contribution in [-0.4, -0.2) is 11.7 Å². The molecule has 0 fully saturated rings. The van der Waals surface area contributed by atoms with Gasteiger partial charge in [-0.3, -0.25) is 0 Å². The molecule has 5 heavy (non-hydrogen) atoms. The molecule has 1 N–H and O–H groups in total. The van der Waals surface area contributed by atoms with Gasteiger partial charge in [0.2, 0.25) is 0 Å². The Morgan fingerprint density at radius 3 is 1.40 bits per heavy atom. The molecule has 0 spiro atoms. The van der Waals surface area contributed by atoms with Gasteiger partial charge in [0, 0.05) is 40.7 Å². The van der Waals surface area contributed by atoms with Crippen molar-refractivity contribution >= 4 is 0 Å². The first kappa shape index (κ1) is 16.7. The Balaban J connectivity index is -0.0000000200. The second kappa shape index (κ2) is 20.0. The molecule has 1 nitrogen and oxygen atoms in total. The molecule has 0 rings (SSSR count). The Hall–Kier alpha value is 0.999. The molecule has 0 aromatic rings. The van der Waals surface area contributed by atoms with Crippen molar-refractivity contribution in [2.75, 3.05) is 6.61 Å². The first-order chi connectivity index (χ1) is 1.41. The van der Waals surface area contributed by atoms with E-state index in [1.54, 1.807) is 6.92 Å². The fraction of sp³-hybridized carbons (Fsp3) is 1.00. The zero-order valence-electron chi connectivity index (χ0n) is 2.86. The van der Waals surface area contributed by atoms with Crippen molar-refractivity contribution in [2.24, 2.45) is 0 Å². The van der Waals surface area contributed by atoms with Crippen molar-refractivity contribution in [2.45, 2.75) is 6.92 Å². The van der Waals surface area contributed by atoms with Crippen LogP contribution in [0, 0.1) is 0 Å². The molecule has 0 aliphatic rings. The fourth-order valence-electron chi connectivity index (χ4n) is 0. The van der Waals surface area contributed by atoms with Gasteiger partial charge in [-0.2, -0.15) is 0 Å². The van der Waals surface area contributed by atoms with E-state index < -0.39 is 0 Å². The molecule has 3 heteroatoms. The van der Waals surface area contributed by atoms with E-state index >= 15 is 0 Å². The predicted octanol–water partition coefficient (Wildman–Crippen LogP) is -0.00640. The van der Waals surface area contributed by atoms with Crippen LogP contribution in [0.4, 0.5) is 0 Å². The SMILES string of the molecule is CCO.[Fe].[Fe]. The van der Waals surface area contributed by atoms with E-state index in [1.807, 2.05) is 0 Å². The van der Waals surface area contributed by atoms with Crippen molar-refractivity contribution in [1.82, 2.24) is 0 Å². The maximum absolute atomic E-state index is 7.57. The molecule has 0 aliphatic heterocycles. The Bertz CT molecular complexity index is 7.61. The van der Waals surface area contributed by atoms with E-state index in [1.165, 1.54) is 0 Å². The van der Waals surface area contributed by atoms with Crippen LogP contribution in [0.15, 0.2) is 0 Å². The third-order valence-electron chi connectivity index (χ3n) is 0. The molecule has 0 amide bonds. The smallest absolute Gasteiger partial charge is 0.0402 e. The van der Waals surface area contributed by atoms with Crippen LogP contribution < -0.4 is 0 Å². The first-order valence-corrected chi connectivity index (χ1v) is 1.02. The first-order valence-electron chi connectivity index (χ1n) is 1.02. The Kier molecular flexibility index (Phi) is 66.7. The van der Waals surface area contributed by atoms with Gasteiger partial charge < -0.3 is 5.11 Å². The Morgan fingerprint density at radius 1 is 1.40 bits per heavy atom. The van der Waals surface area contributed by atoms with E-state index in [2.05, 4.69) is 0 Å². The van der Waals surface area contributed by atoms with Crippen molar-refractivity contribution in [3.05, 3.63) is 0 Å². The summed E-state index contributed by atoms with van der Waals surface area (Å²) in [5, 5.41) is 7.57. The topological polar surface area (TPSA) is 20.2 Å². The number of rotatable bonds is 0. The molecule has 0 heterocycles. The zero-order chi connectivity index (χ0) is 2.71. The van der Waals surface area contributed by atoms with Crippen LogP contribution in [0.2, 0.25) is 0 Å². The summed E-state index contributed by atoms with van der Waals surface area (Å²) >= 11 is 0. The van der Waals surface area contributed by atoms with Crippen LogP contribution in [0.3, 0.4) is 0 Å². The van der Waals surface area contributed by atoms with Gasteiger partial charge in [-0.1, -0.05) is 0 Å². The second-order valence-electron chi connectivity index (χ2n) is 0.316. The van der Waals surface area contributed by atoms with Gasteiger partial charge in [0.15, 0.2) is 0 Å². The van der Waals surface area contributed by atoms with Gasteiger partial charge in [0.05, 0.1) is 0 Å². The summed E-state index contributed by atoms with van der Waals surface area (Å²) in [7, 11) is 0. The summed E-state index contributed by atoms with van der Waals surface area (Å²) < 4.78 is 0. The summed E-state index contributed by atoms with van der Waals surface area (Å²) in [6.45, 7) is 1.93. The number of hydrogen-bond acceptors (Lipinski definition) is 1. The molecule has 0 unspecified atom stereocenters. The molecule has 0 saturated heterocycles. The summed E-state index contributed by atoms with van der Waals surface area (Å²) in [5.74, 6) is 0. The predicted molar refractivity (Wildman–Crippen MR) is 12.8 cm³/mol. The molecule has 36 valence electrons. The maximum atomic E-state index is 7.57. The molecule has 0 aromatic heterocycles. The third-order valence-corrected chi connectivity index (χ3v) is 0. The maximum Gasteiger partial charge on any atom is 0.0402 e. The van der Waals surface area contributed by atoms with E-state index in [0.717, 1.165) is 0 Å². The molecule has 0 aromatic carbocycles. The summed E-state index contributed by atoms with van der Waals surface area (Å²) in [5.41, 5.74) is 0. The minimum Gasteiger partial charge on any atom is -0.397 e. The van der Waals surface area contributed by atoms with Gasteiger partial charge in [-0.25, -0.2) is 0 Å². The largest absolute Gasteiger partial charge is 0.397 e. The van der Waals surface area contributed by atoms with Gasteiger partial charge in [-0.05, 0) is 6.92 Å². The minimum atomic E-state index is 0. The summed E-state index contributed by atoms with van der Waals surface area (Å²) in [4.78, 5) is 0. The van der Waals surface area contributed by atoms with E-state index in [9.17, 15) is 0 Å². The monoisotopic (exact) mass is 158 g/mol. The normalized spacial score (nSPS) is 3.60. The molecular formula is C2H6Fe2O. The van der Waals surface area contributed by atoms with Gasteiger partial charge in [-0.15, -0.1) is 0 Å². The number of aliphatic hydroxyl groups excluding tert-OH is 1. The molecule has 0 saturated carbocycles. The molecule has 0 radical (unpaired) electrons. The molecule has 0 atom stereocenters. The number of hydrogen-bond donors (Lipinski definition) is 1. The van der Waals surface area contributed by atoms with Gasteiger partial charge >= 0.3 is 0 Å². The quantitative estimate of drug-likeness (QED) is 0.491. The molecular weight excluding hydrogens is 152 g/mol. The average molecular weight is 158 g/mol. The third kappa shape index (κ3) is 45.1. The second-order valence-corrected chi connectivity index (χ2v) is 0.316. The zero-order valence-corrected chi connectivity index (χ0v) is 5.07. The minimum absolute atomic E-state index is 0. The molecule has 0 bridgehead atoms. The van der Waals surface area contributed by atoms with Crippen LogP contribution in [0.1, 0.15) is 6.92 Å². The van der Waals surface area contributed by atoms with Crippen LogP contribution in [0.25, 0.3) is 0 Å². The standard InChI is InChI=1S/C2H6O.2Fe/c1-2-3;;/h3H,2H2,1H3;;. The Labute approximate surface area is 53.1 Å². The fourth-order valence-corrected chi connectivity index (χ4v) is 0. The van der Waals surface area contributed by atoms with Crippen LogP contribution in [0.5, 0.6) is 0 Å².